The summed E-state index contributed by atoms with van der Waals surface area (Å²) in [7, 11) is 1.22. The summed E-state index contributed by atoms with van der Waals surface area (Å²) in [6, 6.07) is 4.09. The van der Waals surface area contributed by atoms with Crippen molar-refractivity contribution in [1.82, 2.24) is 9.97 Å². The number of carbonyl (C=O) groups is 1. The van der Waals surface area contributed by atoms with Crippen molar-refractivity contribution in [2.24, 2.45) is 5.92 Å². The van der Waals surface area contributed by atoms with E-state index >= 15 is 0 Å². The molecular weight excluding hydrogens is 360 g/mol. The lowest BCUT2D eigenvalue weighted by Gasteiger charge is -2.11. The Bertz CT molecular complexity index is 783. The largest absolute Gasteiger partial charge is 0.487 e. The van der Waals surface area contributed by atoms with Crippen LogP contribution in [-0.2, 0) is 4.74 Å². The van der Waals surface area contributed by atoms with Crippen LogP contribution in [0.3, 0.4) is 0 Å². The normalized spacial score (nSPS) is 13.3. The van der Waals surface area contributed by atoms with Crippen LogP contribution in [0.2, 0.25) is 0 Å². The molecule has 144 valence electrons. The number of nitrogens with zero attached hydrogens (tertiary/aromatic N) is 2. The van der Waals surface area contributed by atoms with Crippen LogP contribution in [0, 0.1) is 5.92 Å². The predicted octanol–water partition coefficient (Wildman–Crippen LogP) is 3.52. The van der Waals surface area contributed by atoms with Crippen LogP contribution in [0.25, 0.3) is 0 Å². The maximum atomic E-state index is 12.4. The van der Waals surface area contributed by atoms with E-state index in [2.05, 4.69) is 20.0 Å². The van der Waals surface area contributed by atoms with Gasteiger partial charge in [0.15, 0.2) is 0 Å². The van der Waals surface area contributed by atoms with E-state index in [-0.39, 0.29) is 22.9 Å². The zero-order chi connectivity index (χ0) is 19.2. The predicted molar refractivity (Wildman–Crippen MR) is 92.6 cm³/mol. The van der Waals surface area contributed by atoms with E-state index in [4.69, 9.17) is 9.47 Å². The van der Waals surface area contributed by atoms with Gasteiger partial charge < -0.3 is 19.5 Å². The van der Waals surface area contributed by atoms with Crippen molar-refractivity contribution in [2.45, 2.75) is 19.3 Å². The maximum absolute atomic E-state index is 12.4. The summed E-state index contributed by atoms with van der Waals surface area (Å²) in [4.78, 5) is 20.1. The first-order valence-corrected chi connectivity index (χ1v) is 8.41. The number of rotatable bonds is 9. The first-order chi connectivity index (χ1) is 13.0. The van der Waals surface area contributed by atoms with E-state index < -0.39 is 19.0 Å². The minimum absolute atomic E-state index is 0.0591. The average molecular weight is 379 g/mol. The number of hydrogen-bond acceptors (Lipinski definition) is 7. The molecule has 0 radical (unpaired) electrons. The number of alkyl halides is 2. The lowest BCUT2D eigenvalue weighted by Crippen LogP contribution is -2.08. The van der Waals surface area contributed by atoms with Crippen molar-refractivity contribution in [2.75, 3.05) is 25.6 Å². The van der Waals surface area contributed by atoms with E-state index in [1.165, 1.54) is 50.5 Å². The van der Waals surface area contributed by atoms with Gasteiger partial charge in [-0.25, -0.2) is 23.5 Å². The molecule has 0 bridgehead atoms. The third kappa shape index (κ3) is 5.77. The number of ether oxygens (including phenoxy) is 3. The average Bonchev–Trinajstić information content (AvgIpc) is 3.49. The van der Waals surface area contributed by atoms with Crippen LogP contribution in [0.1, 0.15) is 23.2 Å². The van der Waals surface area contributed by atoms with Gasteiger partial charge in [0.2, 0.25) is 5.88 Å². The van der Waals surface area contributed by atoms with Crippen LogP contribution >= 0.6 is 0 Å². The molecule has 1 fully saturated rings. The molecule has 0 aliphatic heterocycles. The van der Waals surface area contributed by atoms with E-state index in [1.807, 2.05) is 0 Å². The molecule has 0 spiro atoms. The van der Waals surface area contributed by atoms with E-state index in [9.17, 15) is 13.6 Å². The smallest absolute Gasteiger partial charge is 0.338 e. The molecule has 1 aromatic carbocycles. The highest BCUT2D eigenvalue weighted by molar-refractivity contribution is 5.90. The SMILES string of the molecule is COC(=O)c1cc(OCC(F)F)cc(Oc2cnc(NCC3CC3)cn2)c1. The summed E-state index contributed by atoms with van der Waals surface area (Å²) in [6.07, 6.45) is 2.79. The summed E-state index contributed by atoms with van der Waals surface area (Å²) >= 11 is 0. The molecule has 0 atom stereocenters. The Balaban J connectivity index is 1.71. The summed E-state index contributed by atoms with van der Waals surface area (Å²) in [5, 5.41) is 3.18. The van der Waals surface area contributed by atoms with Crippen LogP contribution in [0.15, 0.2) is 30.6 Å². The molecule has 9 heteroatoms. The van der Waals surface area contributed by atoms with Gasteiger partial charge in [-0.2, -0.15) is 0 Å². The molecule has 1 heterocycles. The highest BCUT2D eigenvalue weighted by Gasteiger charge is 2.20. The van der Waals surface area contributed by atoms with E-state index in [0.717, 1.165) is 6.54 Å². The quantitative estimate of drug-likeness (QED) is 0.668. The molecule has 1 saturated carbocycles. The number of aromatic nitrogens is 2. The van der Waals surface area contributed by atoms with Gasteiger partial charge in [0.05, 0.1) is 25.1 Å². The molecule has 1 N–H and O–H groups in total. The molecule has 0 amide bonds. The first kappa shape index (κ1) is 18.8. The zero-order valence-electron chi connectivity index (χ0n) is 14.7. The lowest BCUT2D eigenvalue weighted by molar-refractivity contribution is 0.0599. The third-order valence-electron chi connectivity index (χ3n) is 3.80. The van der Waals surface area contributed by atoms with Gasteiger partial charge >= 0.3 is 5.97 Å². The maximum Gasteiger partial charge on any atom is 0.338 e. The fourth-order valence-corrected chi connectivity index (χ4v) is 2.26. The highest BCUT2D eigenvalue weighted by atomic mass is 19.3. The standard InChI is InChI=1S/C18H19F2N3O4/c1-25-18(24)12-4-13(26-10-15(19)20)6-14(5-12)27-17-9-22-16(8-23-17)21-7-11-2-3-11/h4-6,8-9,11,15H,2-3,7,10H2,1H3,(H,21,22). The molecule has 0 saturated heterocycles. The van der Waals surface area contributed by atoms with Crippen molar-refractivity contribution < 1.29 is 27.8 Å². The molecule has 3 rings (SSSR count). The molecule has 1 aliphatic carbocycles. The van der Waals surface area contributed by atoms with Gasteiger partial charge in [-0.15, -0.1) is 0 Å². The minimum Gasteiger partial charge on any atom is -0.487 e. The summed E-state index contributed by atoms with van der Waals surface area (Å²) in [5.74, 6) is 1.13. The Kier molecular flexibility index (Phi) is 6.00. The van der Waals surface area contributed by atoms with Crippen LogP contribution in [0.5, 0.6) is 17.4 Å². The number of halogens is 2. The zero-order valence-corrected chi connectivity index (χ0v) is 14.7. The molecule has 7 nitrogen and oxygen atoms in total. The number of nitrogens with one attached hydrogen (secondary N) is 1. The van der Waals surface area contributed by atoms with Gasteiger partial charge in [0, 0.05) is 12.6 Å². The number of benzene rings is 1. The van der Waals surface area contributed by atoms with Gasteiger partial charge in [-0.3, -0.25) is 0 Å². The highest BCUT2D eigenvalue weighted by Crippen LogP contribution is 2.29. The number of carbonyl (C=O) groups excluding carboxylic acids is 1. The molecule has 2 aromatic rings. The van der Waals surface area contributed by atoms with Gasteiger partial charge in [-0.05, 0) is 30.9 Å². The second kappa shape index (κ2) is 8.61. The second-order valence-electron chi connectivity index (χ2n) is 6.05. The Morgan fingerprint density at radius 1 is 1.22 bits per heavy atom. The minimum atomic E-state index is -2.64. The molecule has 1 aromatic heterocycles. The Labute approximate surface area is 154 Å². The Hall–Kier alpha value is -2.97. The molecule has 1 aliphatic rings. The van der Waals surface area contributed by atoms with Crippen molar-refractivity contribution >= 4 is 11.8 Å². The van der Waals surface area contributed by atoms with Gasteiger partial charge in [0.1, 0.15) is 23.9 Å². The van der Waals surface area contributed by atoms with Crippen molar-refractivity contribution in [3.05, 3.63) is 36.2 Å². The number of methoxy groups -OCH3 is 1. The molecule has 0 unspecified atom stereocenters. The van der Waals surface area contributed by atoms with Crippen molar-refractivity contribution in [1.29, 1.82) is 0 Å². The monoisotopic (exact) mass is 379 g/mol. The van der Waals surface area contributed by atoms with Gasteiger partial charge in [0.25, 0.3) is 6.43 Å². The fourth-order valence-electron chi connectivity index (χ4n) is 2.26. The number of hydrogen-bond donors (Lipinski definition) is 1. The number of esters is 1. The summed E-state index contributed by atoms with van der Waals surface area (Å²) in [6.45, 7) is 0.0616. The fraction of sp³-hybridized carbons (Fsp3) is 0.389. The van der Waals surface area contributed by atoms with E-state index in [1.54, 1.807) is 0 Å². The van der Waals surface area contributed by atoms with Crippen LogP contribution in [0.4, 0.5) is 14.6 Å². The van der Waals surface area contributed by atoms with Crippen LogP contribution in [-0.4, -0.2) is 42.6 Å². The Morgan fingerprint density at radius 3 is 2.63 bits per heavy atom. The Morgan fingerprint density at radius 2 is 2.00 bits per heavy atom. The second-order valence-corrected chi connectivity index (χ2v) is 6.05. The number of anilines is 1. The lowest BCUT2D eigenvalue weighted by atomic mass is 10.2. The van der Waals surface area contributed by atoms with Crippen LogP contribution < -0.4 is 14.8 Å². The third-order valence-corrected chi connectivity index (χ3v) is 3.80. The first-order valence-electron chi connectivity index (χ1n) is 8.41. The summed E-state index contributed by atoms with van der Waals surface area (Å²) in [5.41, 5.74) is 0.106. The molecular formula is C18H19F2N3O4. The van der Waals surface area contributed by atoms with Crippen molar-refractivity contribution in [3.8, 4) is 17.4 Å². The van der Waals surface area contributed by atoms with Crippen molar-refractivity contribution in [3.63, 3.8) is 0 Å². The summed E-state index contributed by atoms with van der Waals surface area (Å²) < 4.78 is 40.0. The van der Waals surface area contributed by atoms with Gasteiger partial charge in [-0.1, -0.05) is 0 Å². The topological polar surface area (TPSA) is 82.6 Å². The molecule has 27 heavy (non-hydrogen) atoms. The van der Waals surface area contributed by atoms with E-state index in [0.29, 0.717) is 11.7 Å².